The Balaban J connectivity index is 1.77. The molecule has 0 unspecified atom stereocenters. The van der Waals surface area contributed by atoms with Crippen LogP contribution < -0.4 is 5.32 Å². The van der Waals surface area contributed by atoms with Crippen LogP contribution in [0.25, 0.3) is 10.6 Å². The number of nitrogens with one attached hydrogen (secondary N) is 2. The van der Waals surface area contributed by atoms with Gasteiger partial charge in [0.2, 0.25) is 0 Å². The van der Waals surface area contributed by atoms with E-state index in [9.17, 15) is 9.59 Å². The number of H-pyrrole nitrogens is 1. The van der Waals surface area contributed by atoms with Crippen molar-refractivity contribution in [3.8, 4) is 10.6 Å². The molecule has 1 fully saturated rings. The highest BCUT2D eigenvalue weighted by Crippen LogP contribution is 2.30. The van der Waals surface area contributed by atoms with Crippen LogP contribution in [-0.2, 0) is 9.53 Å². The highest BCUT2D eigenvalue weighted by atomic mass is 32.1. The first-order valence-corrected chi connectivity index (χ1v) is 9.11. The number of hydrogen-bond donors (Lipinski definition) is 2. The highest BCUT2D eigenvalue weighted by molar-refractivity contribution is 7.13. The van der Waals surface area contributed by atoms with Crippen LogP contribution in [0.1, 0.15) is 49.5 Å². The van der Waals surface area contributed by atoms with Crippen LogP contribution in [0.2, 0.25) is 0 Å². The quantitative estimate of drug-likeness (QED) is 0.814. The molecule has 0 bridgehead atoms. The molecule has 0 spiro atoms. The minimum absolute atomic E-state index is 0.285. The maximum Gasteiger partial charge on any atom is 0.331 e. The predicted octanol–water partition coefficient (Wildman–Crippen LogP) is 3.13. The molecule has 24 heavy (non-hydrogen) atoms. The van der Waals surface area contributed by atoms with Gasteiger partial charge in [-0.25, -0.2) is 4.79 Å². The van der Waals surface area contributed by atoms with Gasteiger partial charge in [-0.2, -0.15) is 5.10 Å². The number of ether oxygens (including phenoxy) is 1. The molecule has 3 rings (SSSR count). The van der Waals surface area contributed by atoms with E-state index >= 15 is 0 Å². The lowest BCUT2D eigenvalue weighted by atomic mass is 9.81. The lowest BCUT2D eigenvalue weighted by Gasteiger charge is -2.35. The molecule has 1 aliphatic carbocycles. The van der Waals surface area contributed by atoms with Crippen molar-refractivity contribution in [1.82, 2.24) is 15.5 Å². The fourth-order valence-electron chi connectivity index (χ4n) is 3.08. The van der Waals surface area contributed by atoms with E-state index in [1.165, 1.54) is 0 Å². The molecule has 1 amide bonds. The van der Waals surface area contributed by atoms with Gasteiger partial charge in [-0.3, -0.25) is 9.89 Å². The summed E-state index contributed by atoms with van der Waals surface area (Å²) in [5.74, 6) is -0.684. The average Bonchev–Trinajstić information content (AvgIpc) is 3.27. The average molecular weight is 347 g/mol. The molecule has 2 aromatic rings. The molecule has 2 aromatic heterocycles. The second kappa shape index (κ2) is 7.17. The van der Waals surface area contributed by atoms with Crippen molar-refractivity contribution in [3.05, 3.63) is 29.3 Å². The van der Waals surface area contributed by atoms with Crippen LogP contribution in [0.15, 0.2) is 23.6 Å². The molecule has 0 radical (unpaired) electrons. The van der Waals surface area contributed by atoms with Crippen LogP contribution in [0.4, 0.5) is 0 Å². The van der Waals surface area contributed by atoms with E-state index in [0.717, 1.165) is 29.8 Å². The Morgan fingerprint density at radius 2 is 2.17 bits per heavy atom. The van der Waals surface area contributed by atoms with E-state index in [-0.39, 0.29) is 17.6 Å². The summed E-state index contributed by atoms with van der Waals surface area (Å²) in [5.41, 5.74) is 0.157. The van der Waals surface area contributed by atoms with E-state index in [1.54, 1.807) is 24.3 Å². The van der Waals surface area contributed by atoms with Gasteiger partial charge >= 0.3 is 5.97 Å². The molecular formula is C17H21N3O3S. The van der Waals surface area contributed by atoms with Crippen LogP contribution in [0, 0.1) is 0 Å². The number of rotatable bonds is 5. The molecule has 2 heterocycles. The van der Waals surface area contributed by atoms with Gasteiger partial charge in [-0.1, -0.05) is 25.3 Å². The molecule has 128 valence electrons. The number of esters is 1. The van der Waals surface area contributed by atoms with Gasteiger partial charge in [-0.05, 0) is 37.3 Å². The fraction of sp³-hybridized carbons (Fsp3) is 0.471. The molecular weight excluding hydrogens is 326 g/mol. The Morgan fingerprint density at radius 3 is 2.83 bits per heavy atom. The third-order valence-corrected chi connectivity index (χ3v) is 5.23. The molecule has 1 saturated carbocycles. The number of nitrogens with zero attached hydrogens (tertiary/aromatic N) is 1. The van der Waals surface area contributed by atoms with Gasteiger partial charge in [0.1, 0.15) is 5.54 Å². The maximum absolute atomic E-state index is 12.6. The van der Waals surface area contributed by atoms with Crippen molar-refractivity contribution in [2.24, 2.45) is 0 Å². The minimum Gasteiger partial charge on any atom is -0.464 e. The Labute approximate surface area is 144 Å². The van der Waals surface area contributed by atoms with Crippen LogP contribution in [-0.4, -0.2) is 34.2 Å². The normalized spacial score (nSPS) is 16.5. The zero-order valence-corrected chi connectivity index (χ0v) is 14.4. The molecule has 0 aliphatic heterocycles. The van der Waals surface area contributed by atoms with Crippen molar-refractivity contribution in [2.45, 2.75) is 44.6 Å². The largest absolute Gasteiger partial charge is 0.464 e. The molecule has 1 aliphatic rings. The summed E-state index contributed by atoms with van der Waals surface area (Å²) in [6.07, 6.45) is 4.10. The Kier molecular flexibility index (Phi) is 4.99. The van der Waals surface area contributed by atoms with Crippen molar-refractivity contribution < 1.29 is 14.3 Å². The smallest absolute Gasteiger partial charge is 0.331 e. The van der Waals surface area contributed by atoms with Gasteiger partial charge in [0.05, 0.1) is 17.2 Å². The molecule has 7 heteroatoms. The minimum atomic E-state index is -0.923. The molecule has 0 atom stereocenters. The topological polar surface area (TPSA) is 84.1 Å². The summed E-state index contributed by atoms with van der Waals surface area (Å²) < 4.78 is 5.21. The van der Waals surface area contributed by atoms with Crippen molar-refractivity contribution in [1.29, 1.82) is 0 Å². The van der Waals surface area contributed by atoms with Crippen molar-refractivity contribution in [2.75, 3.05) is 6.61 Å². The third kappa shape index (κ3) is 3.36. The van der Waals surface area contributed by atoms with E-state index < -0.39 is 5.54 Å². The molecule has 0 saturated heterocycles. The molecule has 0 aromatic carbocycles. The van der Waals surface area contributed by atoms with E-state index in [2.05, 4.69) is 15.5 Å². The zero-order chi connectivity index (χ0) is 17.0. The van der Waals surface area contributed by atoms with E-state index in [1.807, 2.05) is 17.5 Å². The van der Waals surface area contributed by atoms with Gasteiger partial charge in [0, 0.05) is 0 Å². The summed E-state index contributed by atoms with van der Waals surface area (Å²) in [6, 6.07) is 5.61. The van der Waals surface area contributed by atoms with Crippen LogP contribution >= 0.6 is 11.3 Å². The summed E-state index contributed by atoms with van der Waals surface area (Å²) in [4.78, 5) is 26.0. The first kappa shape index (κ1) is 16.7. The van der Waals surface area contributed by atoms with Crippen molar-refractivity contribution >= 4 is 23.2 Å². The van der Waals surface area contributed by atoms with E-state index in [0.29, 0.717) is 19.4 Å². The van der Waals surface area contributed by atoms with Crippen LogP contribution in [0.3, 0.4) is 0 Å². The van der Waals surface area contributed by atoms with Gasteiger partial charge in [-0.15, -0.1) is 11.3 Å². The summed E-state index contributed by atoms with van der Waals surface area (Å²) in [5, 5.41) is 11.8. The second-order valence-electron chi connectivity index (χ2n) is 5.96. The fourth-order valence-corrected chi connectivity index (χ4v) is 3.77. The molecule has 2 N–H and O–H groups in total. The highest BCUT2D eigenvalue weighted by Gasteiger charge is 2.42. The number of amides is 1. The number of carbonyl (C=O) groups excluding carboxylic acids is 2. The number of thiophene rings is 1. The zero-order valence-electron chi connectivity index (χ0n) is 13.6. The Morgan fingerprint density at radius 1 is 1.38 bits per heavy atom. The number of hydrogen-bond acceptors (Lipinski definition) is 5. The molecule has 6 nitrogen and oxygen atoms in total. The summed E-state index contributed by atoms with van der Waals surface area (Å²) in [7, 11) is 0. The predicted molar refractivity (Wildman–Crippen MR) is 91.8 cm³/mol. The SMILES string of the molecule is CCOC(=O)C1(NC(=O)c2cc(-c3cccs3)[nH]n2)CCCCC1. The van der Waals surface area contributed by atoms with Gasteiger partial charge < -0.3 is 10.1 Å². The number of aromatic amines is 1. The van der Waals surface area contributed by atoms with Crippen LogP contribution in [0.5, 0.6) is 0 Å². The second-order valence-corrected chi connectivity index (χ2v) is 6.91. The lowest BCUT2D eigenvalue weighted by molar-refractivity contribution is -0.152. The van der Waals surface area contributed by atoms with Crippen molar-refractivity contribution in [3.63, 3.8) is 0 Å². The Hall–Kier alpha value is -2.15. The summed E-state index contributed by atoms with van der Waals surface area (Å²) in [6.45, 7) is 2.08. The maximum atomic E-state index is 12.6. The number of aromatic nitrogens is 2. The first-order valence-electron chi connectivity index (χ1n) is 8.23. The Bertz CT molecular complexity index is 702. The van der Waals surface area contributed by atoms with E-state index in [4.69, 9.17) is 4.74 Å². The standard InChI is InChI=1S/C17H21N3O3S/c1-2-23-16(22)17(8-4-3-5-9-17)18-15(21)13-11-12(19-20-13)14-7-6-10-24-14/h6-7,10-11H,2-5,8-9H2,1H3,(H,18,21)(H,19,20). The first-order chi connectivity index (χ1) is 11.6. The van der Waals surface area contributed by atoms with Gasteiger partial charge in [0.15, 0.2) is 5.69 Å². The monoisotopic (exact) mass is 347 g/mol. The lowest BCUT2D eigenvalue weighted by Crippen LogP contribution is -2.56. The van der Waals surface area contributed by atoms with Gasteiger partial charge in [0.25, 0.3) is 5.91 Å². The number of carbonyl (C=O) groups is 2. The third-order valence-electron chi connectivity index (χ3n) is 4.32. The summed E-state index contributed by atoms with van der Waals surface area (Å²) >= 11 is 1.57.